The van der Waals surface area contributed by atoms with E-state index >= 15 is 0 Å². The molecular formula is C14H24N2O. The molecule has 0 aliphatic carbocycles. The first kappa shape index (κ1) is 13.8. The van der Waals surface area contributed by atoms with E-state index in [0.717, 1.165) is 37.6 Å². The Labute approximate surface area is 105 Å². The largest absolute Gasteiger partial charge is 0.493 e. The van der Waals surface area contributed by atoms with E-state index in [4.69, 9.17) is 10.5 Å². The van der Waals surface area contributed by atoms with Gasteiger partial charge in [0, 0.05) is 18.3 Å². The Bertz CT molecular complexity index is 315. The van der Waals surface area contributed by atoms with E-state index in [1.807, 2.05) is 24.3 Å². The van der Waals surface area contributed by atoms with E-state index in [-0.39, 0.29) is 0 Å². The number of nitrogen functional groups attached to an aromatic ring is 1. The lowest BCUT2D eigenvalue weighted by Crippen LogP contribution is -2.26. The molecule has 0 bridgehead atoms. The third kappa shape index (κ3) is 5.59. The Morgan fingerprint density at radius 2 is 2.06 bits per heavy atom. The van der Waals surface area contributed by atoms with Crippen molar-refractivity contribution in [3.63, 3.8) is 0 Å². The van der Waals surface area contributed by atoms with Gasteiger partial charge in [0.05, 0.1) is 6.61 Å². The molecule has 0 fully saturated rings. The highest BCUT2D eigenvalue weighted by Crippen LogP contribution is 2.14. The van der Waals surface area contributed by atoms with Gasteiger partial charge in [-0.2, -0.15) is 0 Å². The molecule has 1 rings (SSSR count). The summed E-state index contributed by atoms with van der Waals surface area (Å²) in [5.41, 5.74) is 6.44. The summed E-state index contributed by atoms with van der Waals surface area (Å²) in [6.07, 6.45) is 2.27. The van der Waals surface area contributed by atoms with Crippen molar-refractivity contribution in [3.8, 4) is 5.75 Å². The summed E-state index contributed by atoms with van der Waals surface area (Å²) in [6.45, 7) is 8.57. The fourth-order valence-corrected chi connectivity index (χ4v) is 1.83. The molecule has 0 aliphatic heterocycles. The van der Waals surface area contributed by atoms with Gasteiger partial charge in [0.1, 0.15) is 5.75 Å². The second-order valence-corrected chi connectivity index (χ2v) is 4.21. The maximum Gasteiger partial charge on any atom is 0.121 e. The van der Waals surface area contributed by atoms with Crippen molar-refractivity contribution in [2.45, 2.75) is 26.7 Å². The fourth-order valence-electron chi connectivity index (χ4n) is 1.83. The number of anilines is 1. The molecule has 0 aromatic heterocycles. The average molecular weight is 236 g/mol. The molecule has 3 heteroatoms. The number of hydrogen-bond acceptors (Lipinski definition) is 3. The van der Waals surface area contributed by atoms with Crippen molar-refractivity contribution < 1.29 is 4.74 Å². The summed E-state index contributed by atoms with van der Waals surface area (Å²) < 4.78 is 5.65. The van der Waals surface area contributed by atoms with Gasteiger partial charge in [0.25, 0.3) is 0 Å². The predicted octanol–water partition coefficient (Wildman–Crippen LogP) is 2.77. The lowest BCUT2D eigenvalue weighted by atomic mass is 10.3. The molecule has 0 heterocycles. The van der Waals surface area contributed by atoms with Crippen LogP contribution in [0.4, 0.5) is 5.69 Å². The van der Waals surface area contributed by atoms with Crippen molar-refractivity contribution in [3.05, 3.63) is 24.3 Å². The summed E-state index contributed by atoms with van der Waals surface area (Å²) in [5, 5.41) is 0. The van der Waals surface area contributed by atoms with Crippen LogP contribution in [0.5, 0.6) is 5.75 Å². The molecule has 1 aromatic rings. The van der Waals surface area contributed by atoms with Gasteiger partial charge in [-0.15, -0.1) is 0 Å². The number of ether oxygens (including phenoxy) is 1. The van der Waals surface area contributed by atoms with Crippen LogP contribution in [0.2, 0.25) is 0 Å². The molecular weight excluding hydrogens is 212 g/mol. The highest BCUT2D eigenvalue weighted by atomic mass is 16.5. The van der Waals surface area contributed by atoms with Crippen molar-refractivity contribution in [1.29, 1.82) is 0 Å². The van der Waals surface area contributed by atoms with E-state index in [2.05, 4.69) is 18.7 Å². The topological polar surface area (TPSA) is 38.5 Å². The SMILES string of the molecule is CCCN(CC)CCCOc1cccc(N)c1. The molecule has 2 N–H and O–H groups in total. The molecule has 17 heavy (non-hydrogen) atoms. The number of hydrogen-bond donors (Lipinski definition) is 1. The first-order valence-electron chi connectivity index (χ1n) is 6.47. The lowest BCUT2D eigenvalue weighted by molar-refractivity contribution is 0.242. The molecule has 0 saturated carbocycles. The molecule has 0 saturated heterocycles. The minimum Gasteiger partial charge on any atom is -0.493 e. The Morgan fingerprint density at radius 3 is 2.71 bits per heavy atom. The van der Waals surface area contributed by atoms with Gasteiger partial charge in [-0.1, -0.05) is 19.9 Å². The van der Waals surface area contributed by atoms with Gasteiger partial charge >= 0.3 is 0 Å². The standard InChI is InChI=1S/C14H24N2O/c1-3-9-16(4-2)10-6-11-17-14-8-5-7-13(15)12-14/h5,7-8,12H,3-4,6,9-11,15H2,1-2H3. The molecule has 1 aromatic carbocycles. The van der Waals surface area contributed by atoms with Crippen LogP contribution in [-0.2, 0) is 0 Å². The smallest absolute Gasteiger partial charge is 0.121 e. The van der Waals surface area contributed by atoms with Crippen LogP contribution < -0.4 is 10.5 Å². The quantitative estimate of drug-likeness (QED) is 0.557. The van der Waals surface area contributed by atoms with E-state index in [0.29, 0.717) is 0 Å². The van der Waals surface area contributed by atoms with Crippen LogP contribution >= 0.6 is 0 Å². The number of rotatable bonds is 8. The summed E-state index contributed by atoms with van der Waals surface area (Å²) in [6, 6.07) is 7.59. The summed E-state index contributed by atoms with van der Waals surface area (Å²) in [4.78, 5) is 2.45. The van der Waals surface area contributed by atoms with E-state index < -0.39 is 0 Å². The zero-order valence-electron chi connectivity index (χ0n) is 11.0. The van der Waals surface area contributed by atoms with Crippen molar-refractivity contribution >= 4 is 5.69 Å². The van der Waals surface area contributed by atoms with Gasteiger partial charge in [-0.05, 0) is 38.1 Å². The second kappa shape index (κ2) is 7.96. The van der Waals surface area contributed by atoms with Crippen molar-refractivity contribution in [2.24, 2.45) is 0 Å². The maximum absolute atomic E-state index is 5.68. The van der Waals surface area contributed by atoms with Gasteiger partial charge in [-0.25, -0.2) is 0 Å². The normalized spacial score (nSPS) is 10.8. The third-order valence-corrected chi connectivity index (χ3v) is 2.73. The molecule has 96 valence electrons. The Balaban J connectivity index is 2.19. The van der Waals surface area contributed by atoms with Gasteiger partial charge in [0.15, 0.2) is 0 Å². The van der Waals surface area contributed by atoms with Gasteiger partial charge < -0.3 is 15.4 Å². The lowest BCUT2D eigenvalue weighted by Gasteiger charge is -2.19. The summed E-state index contributed by atoms with van der Waals surface area (Å²) in [5.74, 6) is 0.864. The van der Waals surface area contributed by atoms with Crippen LogP contribution in [0.1, 0.15) is 26.7 Å². The zero-order valence-corrected chi connectivity index (χ0v) is 11.0. The summed E-state index contributed by atoms with van der Waals surface area (Å²) >= 11 is 0. The van der Waals surface area contributed by atoms with Crippen LogP contribution in [0, 0.1) is 0 Å². The van der Waals surface area contributed by atoms with Gasteiger partial charge in [0.2, 0.25) is 0 Å². The highest BCUT2D eigenvalue weighted by Gasteiger charge is 2.00. The predicted molar refractivity (Wildman–Crippen MR) is 73.4 cm³/mol. The molecule has 3 nitrogen and oxygen atoms in total. The molecule has 0 unspecified atom stereocenters. The minimum absolute atomic E-state index is 0.753. The second-order valence-electron chi connectivity index (χ2n) is 4.21. The first-order valence-corrected chi connectivity index (χ1v) is 6.47. The van der Waals surface area contributed by atoms with Crippen LogP contribution in [0.3, 0.4) is 0 Å². The van der Waals surface area contributed by atoms with Crippen molar-refractivity contribution in [2.75, 3.05) is 32.0 Å². The van der Waals surface area contributed by atoms with Crippen LogP contribution in [-0.4, -0.2) is 31.1 Å². The fraction of sp³-hybridized carbons (Fsp3) is 0.571. The van der Waals surface area contributed by atoms with Crippen LogP contribution in [0.15, 0.2) is 24.3 Å². The van der Waals surface area contributed by atoms with E-state index in [1.54, 1.807) is 0 Å². The van der Waals surface area contributed by atoms with Crippen molar-refractivity contribution in [1.82, 2.24) is 4.90 Å². The Kier molecular flexibility index (Phi) is 6.48. The Hall–Kier alpha value is -1.22. The minimum atomic E-state index is 0.753. The molecule has 0 amide bonds. The first-order chi connectivity index (χ1) is 8.26. The maximum atomic E-state index is 5.68. The highest BCUT2D eigenvalue weighted by molar-refractivity contribution is 5.43. The zero-order chi connectivity index (χ0) is 12.5. The van der Waals surface area contributed by atoms with Crippen LogP contribution in [0.25, 0.3) is 0 Å². The number of nitrogens with zero attached hydrogens (tertiary/aromatic N) is 1. The van der Waals surface area contributed by atoms with Gasteiger partial charge in [-0.3, -0.25) is 0 Å². The Morgan fingerprint density at radius 1 is 1.24 bits per heavy atom. The number of nitrogens with two attached hydrogens (primary N) is 1. The molecule has 0 aliphatic rings. The monoisotopic (exact) mass is 236 g/mol. The molecule has 0 radical (unpaired) electrons. The molecule has 0 atom stereocenters. The average Bonchev–Trinajstić information content (AvgIpc) is 2.33. The molecule has 0 spiro atoms. The third-order valence-electron chi connectivity index (χ3n) is 2.73. The number of benzene rings is 1. The van der Waals surface area contributed by atoms with E-state index in [1.165, 1.54) is 13.0 Å². The van der Waals surface area contributed by atoms with E-state index in [9.17, 15) is 0 Å². The summed E-state index contributed by atoms with van der Waals surface area (Å²) in [7, 11) is 0.